The molecule has 0 saturated heterocycles. The van der Waals surface area contributed by atoms with Gasteiger partial charge in [-0.05, 0) is 56.5 Å². The van der Waals surface area contributed by atoms with E-state index >= 15 is 0 Å². The Bertz CT molecular complexity index is 1310. The van der Waals surface area contributed by atoms with Crippen LogP contribution in [-0.4, -0.2) is 50.3 Å². The molecule has 1 unspecified atom stereocenters. The molecular weight excluding hydrogens is 617 g/mol. The van der Waals surface area contributed by atoms with Crippen LogP contribution in [0.4, 0.5) is 0 Å². The van der Waals surface area contributed by atoms with Crippen molar-refractivity contribution in [2.75, 3.05) is 17.6 Å². The average molecular weight is 658 g/mol. The van der Waals surface area contributed by atoms with Crippen molar-refractivity contribution in [1.29, 1.82) is 5.26 Å². The van der Waals surface area contributed by atoms with Crippen LogP contribution in [0.2, 0.25) is 0 Å². The monoisotopic (exact) mass is 657 g/mol. The van der Waals surface area contributed by atoms with Crippen molar-refractivity contribution in [1.82, 2.24) is 14.9 Å². The summed E-state index contributed by atoms with van der Waals surface area (Å²) in [6.07, 6.45) is 3.91. The Kier molecular flexibility index (Phi) is 11.5. The lowest BCUT2D eigenvalue weighted by atomic mass is 9.95. The van der Waals surface area contributed by atoms with E-state index in [-0.39, 0.29) is 30.1 Å². The quantitative estimate of drug-likeness (QED) is 0.176. The number of alkyl halides is 1. The molecule has 0 bridgehead atoms. The number of imidazole rings is 1. The summed E-state index contributed by atoms with van der Waals surface area (Å²) >= 11 is 2.22. The van der Waals surface area contributed by atoms with Crippen LogP contribution in [0.15, 0.2) is 48.7 Å². The molecule has 0 radical (unpaired) electrons. The van der Waals surface area contributed by atoms with Crippen molar-refractivity contribution in [3.63, 3.8) is 0 Å². The smallest absolute Gasteiger partial charge is 0.251 e. The molecule has 0 spiro atoms. The number of amides is 1. The van der Waals surface area contributed by atoms with Gasteiger partial charge in [-0.2, -0.15) is 5.26 Å². The van der Waals surface area contributed by atoms with Crippen LogP contribution in [0.1, 0.15) is 67.8 Å². The van der Waals surface area contributed by atoms with E-state index in [0.29, 0.717) is 36.3 Å². The van der Waals surface area contributed by atoms with Gasteiger partial charge in [-0.15, -0.1) is 0 Å². The molecule has 8 nitrogen and oxygen atoms in total. The van der Waals surface area contributed by atoms with E-state index in [1.54, 1.807) is 18.2 Å². The fourth-order valence-electron chi connectivity index (χ4n) is 4.44. The van der Waals surface area contributed by atoms with Gasteiger partial charge < -0.3 is 25.5 Å². The Labute approximate surface area is 251 Å². The van der Waals surface area contributed by atoms with E-state index in [9.17, 15) is 15.2 Å². The maximum Gasteiger partial charge on any atom is 0.251 e. The Morgan fingerprint density at radius 2 is 1.98 bits per heavy atom. The summed E-state index contributed by atoms with van der Waals surface area (Å²) in [5.74, 6) is 1.20. The lowest BCUT2D eigenvalue weighted by Gasteiger charge is -2.19. The molecule has 0 aliphatic heterocycles. The van der Waals surface area contributed by atoms with Gasteiger partial charge in [0.25, 0.3) is 5.91 Å². The molecule has 1 amide bonds. The van der Waals surface area contributed by atoms with Gasteiger partial charge in [0.15, 0.2) is 0 Å². The number of aryl methyl sites for hydroxylation is 1. The SMILES string of the molecule is CC(CI)Oc1ccc(C(=O)N[C@H](CCO)Cc2ccc(-c3cn(CCCN)c(C(C)(C)C)n3)cc2)cc1C#N. The molecule has 1 aromatic heterocycles. The highest BCUT2D eigenvalue weighted by Gasteiger charge is 2.22. The molecule has 214 valence electrons. The second kappa shape index (κ2) is 14.6. The molecule has 2 aromatic carbocycles. The second-order valence-corrected chi connectivity index (χ2v) is 11.9. The highest BCUT2D eigenvalue weighted by atomic mass is 127. The number of carbonyl (C=O) groups excluding carboxylic acids is 1. The summed E-state index contributed by atoms with van der Waals surface area (Å²) in [6.45, 7) is 9.82. The van der Waals surface area contributed by atoms with Crippen molar-refractivity contribution < 1.29 is 14.6 Å². The number of benzene rings is 2. The van der Waals surface area contributed by atoms with Gasteiger partial charge in [-0.3, -0.25) is 4.79 Å². The van der Waals surface area contributed by atoms with E-state index in [4.69, 9.17) is 15.5 Å². The van der Waals surface area contributed by atoms with Gasteiger partial charge in [0.1, 0.15) is 23.7 Å². The highest BCUT2D eigenvalue weighted by molar-refractivity contribution is 14.1. The average Bonchev–Trinajstić information content (AvgIpc) is 3.37. The van der Waals surface area contributed by atoms with Gasteiger partial charge in [-0.25, -0.2) is 4.98 Å². The van der Waals surface area contributed by atoms with E-state index < -0.39 is 0 Å². The number of hydrogen-bond acceptors (Lipinski definition) is 6. The number of nitrogens with one attached hydrogen (secondary N) is 1. The number of carbonyl (C=O) groups is 1. The first-order valence-corrected chi connectivity index (χ1v) is 15.2. The van der Waals surface area contributed by atoms with Crippen LogP contribution in [0, 0.1) is 11.3 Å². The summed E-state index contributed by atoms with van der Waals surface area (Å²) in [5, 5.41) is 22.2. The molecular formula is C31H40IN5O3. The van der Waals surface area contributed by atoms with Crippen LogP contribution in [-0.2, 0) is 18.4 Å². The minimum absolute atomic E-state index is 0.0416. The van der Waals surface area contributed by atoms with E-state index in [1.807, 2.05) is 31.2 Å². The number of aliphatic hydroxyl groups is 1. The van der Waals surface area contributed by atoms with Crippen LogP contribution in [0.5, 0.6) is 5.75 Å². The summed E-state index contributed by atoms with van der Waals surface area (Å²) in [6, 6.07) is 14.9. The van der Waals surface area contributed by atoms with Gasteiger partial charge in [0.05, 0.1) is 11.3 Å². The Balaban J connectivity index is 1.73. The van der Waals surface area contributed by atoms with Crippen LogP contribution < -0.4 is 15.8 Å². The third kappa shape index (κ3) is 8.53. The number of rotatable bonds is 13. The molecule has 0 aliphatic rings. The molecule has 3 aromatic rings. The fourth-order valence-corrected chi connectivity index (χ4v) is 4.62. The van der Waals surface area contributed by atoms with Gasteiger partial charge in [-0.1, -0.05) is 67.6 Å². The standard InChI is InChI=1S/C31H40IN5O3/c1-21(18-32)40-28-11-10-24(17-25(28)19-34)29(39)35-26(12-15-38)16-22-6-8-23(9-7-22)27-20-37(14-5-13-33)30(36-27)31(2,3)4/h6-11,17,20-21,26,38H,5,12-16,18,33H2,1-4H3,(H,35,39)/t21?,26-/m1/s1. The third-order valence-electron chi connectivity index (χ3n) is 6.50. The van der Waals surface area contributed by atoms with Crippen molar-refractivity contribution in [3.8, 4) is 23.1 Å². The lowest BCUT2D eigenvalue weighted by molar-refractivity contribution is 0.0930. The Morgan fingerprint density at radius 3 is 2.58 bits per heavy atom. The van der Waals surface area contributed by atoms with Crippen molar-refractivity contribution in [2.24, 2.45) is 5.73 Å². The number of nitrogens with two attached hydrogens (primary N) is 1. The van der Waals surface area contributed by atoms with Crippen molar-refractivity contribution >= 4 is 28.5 Å². The Hall–Kier alpha value is -2.94. The zero-order valence-corrected chi connectivity index (χ0v) is 25.9. The zero-order valence-electron chi connectivity index (χ0n) is 23.8. The van der Waals surface area contributed by atoms with Crippen molar-refractivity contribution in [3.05, 3.63) is 71.2 Å². The zero-order chi connectivity index (χ0) is 29.3. The Morgan fingerprint density at radius 1 is 1.25 bits per heavy atom. The molecule has 0 saturated carbocycles. The lowest BCUT2D eigenvalue weighted by Crippen LogP contribution is -2.37. The largest absolute Gasteiger partial charge is 0.489 e. The molecule has 0 fully saturated rings. The number of ether oxygens (including phenoxy) is 1. The van der Waals surface area contributed by atoms with Gasteiger partial charge >= 0.3 is 0 Å². The van der Waals surface area contributed by atoms with Crippen molar-refractivity contribution in [2.45, 2.75) is 71.1 Å². The number of halogens is 1. The first kappa shape index (κ1) is 31.6. The fraction of sp³-hybridized carbons (Fsp3) is 0.452. The molecule has 2 atom stereocenters. The highest BCUT2D eigenvalue weighted by Crippen LogP contribution is 2.27. The maximum absolute atomic E-state index is 13.0. The number of hydrogen-bond donors (Lipinski definition) is 3. The first-order valence-electron chi connectivity index (χ1n) is 13.6. The third-order valence-corrected chi connectivity index (χ3v) is 7.74. The number of aliphatic hydroxyl groups excluding tert-OH is 1. The van der Waals surface area contributed by atoms with Crippen LogP contribution in [0.25, 0.3) is 11.3 Å². The summed E-state index contributed by atoms with van der Waals surface area (Å²) in [5.41, 5.74) is 9.33. The summed E-state index contributed by atoms with van der Waals surface area (Å²) < 4.78 is 8.78. The molecule has 1 heterocycles. The molecule has 9 heteroatoms. The predicted molar refractivity (Wildman–Crippen MR) is 167 cm³/mol. The number of nitriles is 1. The predicted octanol–water partition coefficient (Wildman–Crippen LogP) is 4.99. The first-order chi connectivity index (χ1) is 19.1. The van der Waals surface area contributed by atoms with E-state index in [1.165, 1.54) is 0 Å². The number of aromatic nitrogens is 2. The van der Waals surface area contributed by atoms with E-state index in [0.717, 1.165) is 40.0 Å². The summed E-state index contributed by atoms with van der Waals surface area (Å²) in [7, 11) is 0. The maximum atomic E-state index is 13.0. The van der Waals surface area contributed by atoms with Crippen LogP contribution in [0.3, 0.4) is 0 Å². The molecule has 0 aliphatic carbocycles. The van der Waals surface area contributed by atoms with E-state index in [2.05, 4.69) is 65.5 Å². The molecule has 4 N–H and O–H groups in total. The summed E-state index contributed by atoms with van der Waals surface area (Å²) in [4.78, 5) is 18.0. The molecule has 40 heavy (non-hydrogen) atoms. The topological polar surface area (TPSA) is 126 Å². The van der Waals surface area contributed by atoms with Gasteiger partial charge in [0, 0.05) is 46.4 Å². The number of nitrogens with zero attached hydrogens (tertiary/aromatic N) is 3. The minimum Gasteiger partial charge on any atom is -0.489 e. The van der Waals surface area contributed by atoms with Gasteiger partial charge in [0.2, 0.25) is 0 Å². The molecule has 3 rings (SSSR count). The normalized spacial score (nSPS) is 12.9. The second-order valence-electron chi connectivity index (χ2n) is 11.0. The minimum atomic E-state index is -0.294. The van der Waals surface area contributed by atoms with Crippen LogP contribution >= 0.6 is 22.6 Å².